The van der Waals surface area contributed by atoms with Gasteiger partial charge in [-0.25, -0.2) is 9.59 Å². The summed E-state index contributed by atoms with van der Waals surface area (Å²) in [6.07, 6.45) is 2.27. The first kappa shape index (κ1) is 54.1. The normalized spacial score (nSPS) is 13.9. The van der Waals surface area contributed by atoms with Crippen molar-refractivity contribution in [3.05, 3.63) is 265 Å². The van der Waals surface area contributed by atoms with Gasteiger partial charge in [0, 0.05) is 33.4 Å². The predicted octanol–water partition coefficient (Wildman–Crippen LogP) is 17.4. The molecule has 0 saturated heterocycles. The first-order chi connectivity index (χ1) is 40.4. The number of nitrogens with zero attached hydrogens (tertiary/aromatic N) is 2. The SMILES string of the molecule is C=CC(=O)OCCOc1ccc2cc(C(C)=Nc3ccc(C4(c5ccc(N=C(C)c6ccc7cc(OCCOC(=O)C=C)ccc7c6)c(S)c5)c5ccc(-c6ccc7ccccc7c6)cc5-c5cc6ccccc6cc54)cc3S)ccc2c1. The van der Waals surface area contributed by atoms with Crippen molar-refractivity contribution in [2.24, 2.45) is 9.98 Å². The van der Waals surface area contributed by atoms with Crippen LogP contribution in [-0.2, 0) is 24.5 Å². The molecule has 0 amide bonds. The number of esters is 2. The van der Waals surface area contributed by atoms with Crippen LogP contribution in [0.1, 0.15) is 47.2 Å². The van der Waals surface area contributed by atoms with Gasteiger partial charge in [-0.3, -0.25) is 9.98 Å². The molecule has 0 aliphatic heterocycles. The highest BCUT2D eigenvalue weighted by Gasteiger charge is 2.47. The molecule has 0 atom stereocenters. The van der Waals surface area contributed by atoms with E-state index in [1.54, 1.807) is 0 Å². The first-order valence-electron chi connectivity index (χ1n) is 27.3. The van der Waals surface area contributed by atoms with Crippen molar-refractivity contribution in [3.63, 3.8) is 0 Å². The van der Waals surface area contributed by atoms with Crippen molar-refractivity contribution in [2.45, 2.75) is 29.1 Å². The highest BCUT2D eigenvalue weighted by molar-refractivity contribution is 7.80. The van der Waals surface area contributed by atoms with Crippen molar-refractivity contribution in [1.82, 2.24) is 0 Å². The first-order valence-corrected chi connectivity index (χ1v) is 28.2. The van der Waals surface area contributed by atoms with E-state index in [9.17, 15) is 9.59 Å². The molecule has 0 heterocycles. The molecule has 0 N–H and O–H groups in total. The van der Waals surface area contributed by atoms with E-state index in [2.05, 4.69) is 183 Å². The molecule has 0 aromatic heterocycles. The maximum Gasteiger partial charge on any atom is 0.330 e. The summed E-state index contributed by atoms with van der Waals surface area (Å²) in [6.45, 7) is 11.7. The van der Waals surface area contributed by atoms with Crippen LogP contribution in [0.4, 0.5) is 11.4 Å². The third-order valence-corrected chi connectivity index (χ3v) is 16.2. The molecule has 83 heavy (non-hydrogen) atoms. The maximum absolute atomic E-state index is 11.5. The number of carbonyl (C=O) groups excluding carboxylic acids is 2. The van der Waals surface area contributed by atoms with Crippen LogP contribution in [0.3, 0.4) is 0 Å². The molecule has 0 fully saturated rings. The van der Waals surface area contributed by atoms with Gasteiger partial charge in [0.05, 0.1) is 16.8 Å². The van der Waals surface area contributed by atoms with E-state index in [1.807, 2.05) is 50.2 Å². The summed E-state index contributed by atoms with van der Waals surface area (Å²) in [6, 6.07) is 72.8. The van der Waals surface area contributed by atoms with Crippen LogP contribution in [0.2, 0.25) is 0 Å². The monoisotopic (exact) mass is 1120 g/mol. The van der Waals surface area contributed by atoms with Crippen molar-refractivity contribution >= 4 is 103 Å². The van der Waals surface area contributed by atoms with Crippen LogP contribution < -0.4 is 9.47 Å². The largest absolute Gasteiger partial charge is 0.490 e. The summed E-state index contributed by atoms with van der Waals surface area (Å²) in [5, 5.41) is 8.79. The van der Waals surface area contributed by atoms with Crippen LogP contribution >= 0.6 is 25.3 Å². The summed E-state index contributed by atoms with van der Waals surface area (Å²) >= 11 is 10.5. The van der Waals surface area contributed by atoms with E-state index in [1.165, 1.54) is 10.8 Å². The van der Waals surface area contributed by atoms with Gasteiger partial charge in [-0.2, -0.15) is 0 Å². The smallest absolute Gasteiger partial charge is 0.330 e. The predicted molar refractivity (Wildman–Crippen MR) is 344 cm³/mol. The number of fused-ring (bicyclic) bond motifs is 7. The van der Waals surface area contributed by atoms with E-state index in [0.29, 0.717) is 11.5 Å². The van der Waals surface area contributed by atoms with Gasteiger partial charge in [0.25, 0.3) is 0 Å². The zero-order chi connectivity index (χ0) is 57.2. The third-order valence-electron chi connectivity index (χ3n) is 15.5. The van der Waals surface area contributed by atoms with Crippen LogP contribution in [0.5, 0.6) is 11.5 Å². The number of hydrogen-bond acceptors (Lipinski definition) is 10. The van der Waals surface area contributed by atoms with E-state index >= 15 is 0 Å². The minimum Gasteiger partial charge on any atom is -0.490 e. The summed E-state index contributed by atoms with van der Waals surface area (Å²) in [5.74, 6) is 0.410. The van der Waals surface area contributed by atoms with Crippen molar-refractivity contribution < 1.29 is 28.5 Å². The standard InChI is InChI=1S/C73H56N2O6S2/c1-5-71(76)80-33-31-78-61-26-21-54-35-48(16-19-56(54)38-61)45(3)74-67-29-24-59(43-69(67)82)73(60-25-30-68(70(83)44-60)75-46(4)49-17-20-57-39-62(27-22-55(57)36-49)79-32-34-81-72(77)6-2)65-28-23-58(53-18-15-47-11-7-8-12-50(47)37-53)41-63(65)64-40-51-13-9-10-14-52(51)42-66(64)73/h5-30,35-44,82-83H,1-2,31-34H2,3-4H3. The van der Waals surface area contributed by atoms with E-state index in [-0.39, 0.29) is 26.4 Å². The minimum atomic E-state index is -0.825. The molecule has 0 saturated carbocycles. The molecule has 0 radical (unpaired) electrons. The minimum absolute atomic E-state index is 0.133. The number of hydrogen-bond donors (Lipinski definition) is 2. The number of carbonyl (C=O) groups is 2. The maximum atomic E-state index is 11.5. The van der Waals surface area contributed by atoms with Gasteiger partial charge in [-0.05, 0) is 198 Å². The molecule has 0 spiro atoms. The van der Waals surface area contributed by atoms with Crippen LogP contribution in [0.15, 0.2) is 251 Å². The Morgan fingerprint density at radius 2 is 0.867 bits per heavy atom. The quantitative estimate of drug-likeness (QED) is 0.0310. The Hall–Kier alpha value is -9.48. The third kappa shape index (κ3) is 10.8. The van der Waals surface area contributed by atoms with Gasteiger partial charge in [-0.15, -0.1) is 25.3 Å². The van der Waals surface area contributed by atoms with Gasteiger partial charge in [-0.1, -0.05) is 134 Å². The summed E-state index contributed by atoms with van der Waals surface area (Å²) < 4.78 is 21.8. The second kappa shape index (κ2) is 23.2. The van der Waals surface area contributed by atoms with E-state index < -0.39 is 17.4 Å². The average Bonchev–Trinajstić information content (AvgIpc) is 3.14. The van der Waals surface area contributed by atoms with E-state index in [4.69, 9.17) is 54.2 Å². The number of rotatable bonds is 17. The molecule has 11 aromatic carbocycles. The highest BCUT2D eigenvalue weighted by atomic mass is 32.1. The van der Waals surface area contributed by atoms with E-state index in [0.717, 1.165) is 133 Å². The second-order valence-electron chi connectivity index (χ2n) is 20.5. The molecule has 0 unspecified atom stereocenters. The lowest BCUT2D eigenvalue weighted by Gasteiger charge is -2.34. The Morgan fingerprint density at radius 1 is 0.434 bits per heavy atom. The van der Waals surface area contributed by atoms with Crippen LogP contribution in [0, 0.1) is 0 Å². The summed E-state index contributed by atoms with van der Waals surface area (Å²) in [7, 11) is 0. The molecule has 406 valence electrons. The Bertz CT molecular complexity index is 4330. The fourth-order valence-corrected chi connectivity index (χ4v) is 11.9. The number of ether oxygens (including phenoxy) is 4. The van der Waals surface area contributed by atoms with Gasteiger partial charge in [0.2, 0.25) is 0 Å². The number of thiol groups is 2. The molecule has 12 rings (SSSR count). The number of aliphatic imine (C=N–C) groups is 2. The van der Waals surface area contributed by atoms with Gasteiger partial charge < -0.3 is 18.9 Å². The Labute approximate surface area is 492 Å². The molecule has 1 aliphatic carbocycles. The topological polar surface area (TPSA) is 95.8 Å². The molecule has 1 aliphatic rings. The Morgan fingerprint density at radius 3 is 1.40 bits per heavy atom. The van der Waals surface area contributed by atoms with Crippen LogP contribution in [-0.4, -0.2) is 49.8 Å². The molecule has 0 bridgehead atoms. The van der Waals surface area contributed by atoms with Gasteiger partial charge in [0.15, 0.2) is 0 Å². The van der Waals surface area contributed by atoms with Gasteiger partial charge in [0.1, 0.15) is 37.9 Å². The molecular weight excluding hydrogens is 1060 g/mol. The average molecular weight is 1120 g/mol. The Kier molecular flexibility index (Phi) is 15.1. The van der Waals surface area contributed by atoms with Crippen LogP contribution in [0.25, 0.3) is 65.3 Å². The fourth-order valence-electron chi connectivity index (χ4n) is 11.3. The highest BCUT2D eigenvalue weighted by Crippen LogP contribution is 2.58. The molecule has 8 nitrogen and oxygen atoms in total. The lowest BCUT2D eigenvalue weighted by atomic mass is 9.67. The lowest BCUT2D eigenvalue weighted by Crippen LogP contribution is -2.28. The Balaban J connectivity index is 0.933. The van der Waals surface area contributed by atoms with Crippen molar-refractivity contribution in [3.8, 4) is 33.8 Å². The lowest BCUT2D eigenvalue weighted by molar-refractivity contribution is -0.139. The van der Waals surface area contributed by atoms with Crippen molar-refractivity contribution in [2.75, 3.05) is 26.4 Å². The summed E-state index contributed by atoms with van der Waals surface area (Å²) in [5.41, 5.74) is 13.3. The molecular formula is C73H56N2O6S2. The zero-order valence-electron chi connectivity index (χ0n) is 45.8. The molecule has 11 aromatic rings. The second-order valence-corrected chi connectivity index (χ2v) is 21.5. The molecule has 10 heteroatoms. The number of benzene rings is 11. The fraction of sp³-hybridized carbons (Fsp3) is 0.0959. The summed E-state index contributed by atoms with van der Waals surface area (Å²) in [4.78, 5) is 34.8. The zero-order valence-corrected chi connectivity index (χ0v) is 47.6. The van der Waals surface area contributed by atoms with Gasteiger partial charge >= 0.3 is 11.9 Å². The van der Waals surface area contributed by atoms with Crippen molar-refractivity contribution in [1.29, 1.82) is 0 Å².